The third-order valence-corrected chi connectivity index (χ3v) is 3.69. The van der Waals surface area contributed by atoms with E-state index in [0.29, 0.717) is 19.1 Å². The van der Waals surface area contributed by atoms with Gasteiger partial charge in [0.05, 0.1) is 5.92 Å². The lowest BCUT2D eigenvalue weighted by atomic mass is 9.92. The Hall–Kier alpha value is -1.35. The summed E-state index contributed by atoms with van der Waals surface area (Å²) in [6.07, 6.45) is 0. The fraction of sp³-hybridized carbons (Fsp3) is 0.500. The lowest BCUT2D eigenvalue weighted by Crippen LogP contribution is -2.51. The predicted molar refractivity (Wildman–Crippen MR) is 67.0 cm³/mol. The molecule has 1 unspecified atom stereocenters. The molecule has 1 N–H and O–H groups in total. The normalized spacial score (nSPS) is 18.8. The number of benzene rings is 1. The number of likely N-dealkylation sites (tertiary alicyclic amines) is 1. The molecule has 0 saturated carbocycles. The van der Waals surface area contributed by atoms with Crippen molar-refractivity contribution in [3.63, 3.8) is 0 Å². The van der Waals surface area contributed by atoms with E-state index in [9.17, 15) is 4.79 Å². The average Bonchev–Trinajstić information content (AvgIpc) is 2.18. The molecule has 0 bridgehead atoms. The first-order valence-corrected chi connectivity index (χ1v) is 6.03. The maximum Gasteiger partial charge on any atom is 0.309 e. The first kappa shape index (κ1) is 12.1. The minimum Gasteiger partial charge on any atom is -0.481 e. The molecule has 1 saturated heterocycles. The van der Waals surface area contributed by atoms with Gasteiger partial charge in [-0.1, -0.05) is 23.8 Å². The van der Waals surface area contributed by atoms with Gasteiger partial charge in [-0.25, -0.2) is 0 Å². The van der Waals surface area contributed by atoms with Gasteiger partial charge in [0.25, 0.3) is 0 Å². The maximum atomic E-state index is 10.8. The fourth-order valence-corrected chi connectivity index (χ4v) is 2.39. The monoisotopic (exact) mass is 233 g/mol. The Balaban J connectivity index is 2.08. The zero-order valence-corrected chi connectivity index (χ0v) is 10.6. The van der Waals surface area contributed by atoms with Crippen LogP contribution in [0.15, 0.2) is 18.2 Å². The van der Waals surface area contributed by atoms with Crippen molar-refractivity contribution >= 4 is 5.97 Å². The van der Waals surface area contributed by atoms with Crippen LogP contribution in [0.3, 0.4) is 0 Å². The Labute approximate surface area is 102 Å². The van der Waals surface area contributed by atoms with E-state index < -0.39 is 5.97 Å². The Morgan fingerprint density at radius 2 is 2.06 bits per heavy atom. The van der Waals surface area contributed by atoms with Crippen molar-refractivity contribution in [3.05, 3.63) is 34.9 Å². The molecule has 3 heteroatoms. The summed E-state index contributed by atoms with van der Waals surface area (Å²) >= 11 is 0. The fourth-order valence-electron chi connectivity index (χ4n) is 2.39. The molecular weight excluding hydrogens is 214 g/mol. The number of carboxylic acids is 1. The Kier molecular flexibility index (Phi) is 3.20. The Morgan fingerprint density at radius 3 is 2.65 bits per heavy atom. The Morgan fingerprint density at radius 1 is 1.41 bits per heavy atom. The van der Waals surface area contributed by atoms with E-state index in [1.54, 1.807) is 0 Å². The van der Waals surface area contributed by atoms with Crippen molar-refractivity contribution in [2.24, 2.45) is 5.92 Å². The molecule has 1 aliphatic heterocycles. The van der Waals surface area contributed by atoms with Crippen molar-refractivity contribution in [3.8, 4) is 0 Å². The van der Waals surface area contributed by atoms with Gasteiger partial charge in [0, 0.05) is 19.1 Å². The van der Waals surface area contributed by atoms with Crippen molar-refractivity contribution in [2.75, 3.05) is 13.1 Å². The van der Waals surface area contributed by atoms with Crippen molar-refractivity contribution in [2.45, 2.75) is 26.8 Å². The van der Waals surface area contributed by atoms with E-state index in [-0.39, 0.29) is 5.92 Å². The van der Waals surface area contributed by atoms with Gasteiger partial charge in [-0.15, -0.1) is 0 Å². The minimum atomic E-state index is -0.672. The number of hydrogen-bond donors (Lipinski definition) is 1. The second-order valence-electron chi connectivity index (χ2n) is 5.03. The number of carboxylic acid groups (broad SMARTS) is 1. The number of aliphatic carboxylic acids is 1. The van der Waals surface area contributed by atoms with E-state index in [1.165, 1.54) is 16.7 Å². The highest BCUT2D eigenvalue weighted by Gasteiger charge is 2.35. The molecule has 1 atom stereocenters. The topological polar surface area (TPSA) is 40.5 Å². The highest BCUT2D eigenvalue weighted by Crippen LogP contribution is 2.30. The van der Waals surface area contributed by atoms with Crippen LogP contribution in [0, 0.1) is 19.8 Å². The molecule has 1 aliphatic rings. The van der Waals surface area contributed by atoms with E-state index in [4.69, 9.17) is 5.11 Å². The number of carbonyl (C=O) groups is 1. The van der Waals surface area contributed by atoms with Gasteiger partial charge in [-0.05, 0) is 31.9 Å². The van der Waals surface area contributed by atoms with Crippen LogP contribution in [-0.2, 0) is 4.79 Å². The van der Waals surface area contributed by atoms with Gasteiger partial charge in [0.15, 0.2) is 0 Å². The summed E-state index contributed by atoms with van der Waals surface area (Å²) in [6.45, 7) is 7.69. The summed E-state index contributed by atoms with van der Waals surface area (Å²) in [5, 5.41) is 8.88. The van der Waals surface area contributed by atoms with Crippen molar-refractivity contribution in [1.82, 2.24) is 4.90 Å². The molecular formula is C14H19NO2. The van der Waals surface area contributed by atoms with Gasteiger partial charge in [0.2, 0.25) is 0 Å². The number of nitrogens with zero attached hydrogens (tertiary/aromatic N) is 1. The van der Waals surface area contributed by atoms with Gasteiger partial charge in [-0.2, -0.15) is 0 Å². The molecule has 3 nitrogen and oxygen atoms in total. The van der Waals surface area contributed by atoms with Crippen LogP contribution in [0.5, 0.6) is 0 Å². The molecule has 17 heavy (non-hydrogen) atoms. The zero-order chi connectivity index (χ0) is 12.6. The second-order valence-corrected chi connectivity index (χ2v) is 5.03. The van der Waals surface area contributed by atoms with Gasteiger partial charge in [-0.3, -0.25) is 9.69 Å². The summed E-state index contributed by atoms with van der Waals surface area (Å²) in [7, 11) is 0. The standard InChI is InChI=1S/C14H19NO2/c1-9-4-5-10(2)13(6-9)11(3)15-7-12(8-15)14(16)17/h4-6,11-12H,7-8H2,1-3H3,(H,16,17). The summed E-state index contributed by atoms with van der Waals surface area (Å²) in [6, 6.07) is 6.76. The molecule has 92 valence electrons. The lowest BCUT2D eigenvalue weighted by molar-refractivity contribution is -0.148. The third-order valence-electron chi connectivity index (χ3n) is 3.69. The zero-order valence-electron chi connectivity index (χ0n) is 10.6. The Bertz CT molecular complexity index is 436. The molecule has 1 aromatic rings. The van der Waals surface area contributed by atoms with Crippen LogP contribution < -0.4 is 0 Å². The van der Waals surface area contributed by atoms with Crippen LogP contribution in [0.4, 0.5) is 0 Å². The number of hydrogen-bond acceptors (Lipinski definition) is 2. The number of aryl methyl sites for hydroxylation is 2. The highest BCUT2D eigenvalue weighted by atomic mass is 16.4. The number of rotatable bonds is 3. The molecule has 0 radical (unpaired) electrons. The molecule has 1 aromatic carbocycles. The summed E-state index contributed by atoms with van der Waals surface area (Å²) in [4.78, 5) is 13.0. The summed E-state index contributed by atoms with van der Waals surface area (Å²) in [5.74, 6) is -0.850. The van der Waals surface area contributed by atoms with Crippen LogP contribution in [0.1, 0.15) is 29.7 Å². The van der Waals surface area contributed by atoms with E-state index in [0.717, 1.165) is 0 Å². The van der Waals surface area contributed by atoms with Crippen LogP contribution >= 0.6 is 0 Å². The summed E-state index contributed by atoms with van der Waals surface area (Å²) in [5.41, 5.74) is 3.85. The van der Waals surface area contributed by atoms with E-state index >= 15 is 0 Å². The van der Waals surface area contributed by atoms with Gasteiger partial charge in [0.1, 0.15) is 0 Å². The average molecular weight is 233 g/mol. The quantitative estimate of drug-likeness (QED) is 0.871. The molecule has 0 spiro atoms. The van der Waals surface area contributed by atoms with Crippen molar-refractivity contribution in [1.29, 1.82) is 0 Å². The lowest BCUT2D eigenvalue weighted by Gasteiger charge is -2.41. The molecule has 0 amide bonds. The van der Waals surface area contributed by atoms with Crippen LogP contribution in [-0.4, -0.2) is 29.1 Å². The van der Waals surface area contributed by atoms with E-state index in [2.05, 4.69) is 43.9 Å². The second kappa shape index (κ2) is 4.49. The van der Waals surface area contributed by atoms with Gasteiger partial charge < -0.3 is 5.11 Å². The first-order valence-electron chi connectivity index (χ1n) is 6.03. The first-order chi connectivity index (χ1) is 7.99. The maximum absolute atomic E-state index is 10.8. The predicted octanol–water partition coefficient (Wildman–Crippen LogP) is 2.38. The largest absolute Gasteiger partial charge is 0.481 e. The highest BCUT2D eigenvalue weighted by molar-refractivity contribution is 5.71. The molecule has 2 rings (SSSR count). The molecule has 1 fully saturated rings. The SMILES string of the molecule is Cc1ccc(C)c(C(C)N2CC(C(=O)O)C2)c1. The molecule has 0 aromatic heterocycles. The van der Waals surface area contributed by atoms with Crippen LogP contribution in [0.25, 0.3) is 0 Å². The third kappa shape index (κ3) is 2.34. The van der Waals surface area contributed by atoms with Gasteiger partial charge >= 0.3 is 5.97 Å². The van der Waals surface area contributed by atoms with Crippen LogP contribution in [0.2, 0.25) is 0 Å². The molecule has 0 aliphatic carbocycles. The van der Waals surface area contributed by atoms with Crippen molar-refractivity contribution < 1.29 is 9.90 Å². The molecule has 1 heterocycles. The summed E-state index contributed by atoms with van der Waals surface area (Å²) < 4.78 is 0. The smallest absolute Gasteiger partial charge is 0.309 e. The van der Waals surface area contributed by atoms with E-state index in [1.807, 2.05) is 0 Å². The minimum absolute atomic E-state index is 0.178.